The Labute approximate surface area is 240 Å². The molecular weight excluding hydrogens is 520 g/mol. The highest BCUT2D eigenvalue weighted by molar-refractivity contribution is 5.78. The summed E-state index contributed by atoms with van der Waals surface area (Å²) in [4.78, 5) is 13.7. The second kappa shape index (κ2) is 13.4. The fraction of sp³-hybridized carbons (Fsp3) is 0.333. The minimum absolute atomic E-state index is 0.114. The maximum atomic E-state index is 11.8. The lowest BCUT2D eigenvalue weighted by atomic mass is 9.94. The molecular formula is C33H36N2O6. The number of carbonyl (C=O) groups excluding carboxylic acids is 1. The standard InChI is InChI=1S/C33H36N2O6/c1-23-17-29(38-16-6-15-35-14-5-9-32(35)36)18-24(2)33(23)27-8-4-7-25(19-27)21-39-28-12-10-26(11-13-28)30-20-31(34-41-30)40-22-37-3/h4,7-8,10-13,17-20H,5-6,9,14-16,21-22H2,1-3H3. The van der Waals surface area contributed by atoms with Crippen LogP contribution in [0.25, 0.3) is 22.5 Å². The Morgan fingerprint density at radius 2 is 1.71 bits per heavy atom. The zero-order valence-corrected chi connectivity index (χ0v) is 23.9. The third kappa shape index (κ3) is 7.27. The van der Waals surface area contributed by atoms with Crippen molar-refractivity contribution in [3.63, 3.8) is 0 Å². The largest absolute Gasteiger partial charge is 0.494 e. The average Bonchev–Trinajstić information content (AvgIpc) is 3.62. The summed E-state index contributed by atoms with van der Waals surface area (Å²) in [5.41, 5.74) is 6.62. The van der Waals surface area contributed by atoms with E-state index in [0.29, 0.717) is 31.3 Å². The Hall–Kier alpha value is -4.30. The number of hydrogen-bond acceptors (Lipinski definition) is 7. The van der Waals surface area contributed by atoms with Crippen molar-refractivity contribution in [2.45, 2.75) is 39.7 Å². The van der Waals surface area contributed by atoms with Gasteiger partial charge in [0, 0.05) is 38.2 Å². The van der Waals surface area contributed by atoms with Gasteiger partial charge in [-0.2, -0.15) is 0 Å². The SMILES string of the molecule is COCOc1cc(-c2ccc(OCc3cccc(-c4c(C)cc(OCCCN5CCCC5=O)cc4C)c3)cc2)on1. The maximum Gasteiger partial charge on any atom is 0.256 e. The lowest BCUT2D eigenvalue weighted by Gasteiger charge is -2.17. The second-order valence-corrected chi connectivity index (χ2v) is 10.2. The number of rotatable bonds is 13. The van der Waals surface area contributed by atoms with Crippen molar-refractivity contribution in [2.24, 2.45) is 0 Å². The van der Waals surface area contributed by atoms with E-state index in [1.807, 2.05) is 29.2 Å². The minimum Gasteiger partial charge on any atom is -0.494 e. The van der Waals surface area contributed by atoms with E-state index in [-0.39, 0.29) is 12.7 Å². The molecule has 41 heavy (non-hydrogen) atoms. The molecule has 1 aliphatic rings. The van der Waals surface area contributed by atoms with E-state index in [1.165, 1.54) is 5.56 Å². The number of nitrogens with zero attached hydrogens (tertiary/aromatic N) is 2. The van der Waals surface area contributed by atoms with Crippen LogP contribution in [0.2, 0.25) is 0 Å². The molecule has 0 saturated carbocycles. The number of carbonyl (C=O) groups is 1. The summed E-state index contributed by atoms with van der Waals surface area (Å²) in [6.07, 6.45) is 2.48. The van der Waals surface area contributed by atoms with Gasteiger partial charge in [0.25, 0.3) is 5.88 Å². The Bertz CT molecular complexity index is 1440. The van der Waals surface area contributed by atoms with Gasteiger partial charge in [0.2, 0.25) is 5.91 Å². The van der Waals surface area contributed by atoms with Gasteiger partial charge < -0.3 is 28.4 Å². The van der Waals surface area contributed by atoms with E-state index in [4.69, 9.17) is 23.5 Å². The van der Waals surface area contributed by atoms with Gasteiger partial charge in [-0.3, -0.25) is 4.79 Å². The Balaban J connectivity index is 1.17. The quantitative estimate of drug-likeness (QED) is 0.136. The van der Waals surface area contributed by atoms with E-state index in [2.05, 4.69) is 55.4 Å². The molecule has 0 unspecified atom stereocenters. The highest BCUT2D eigenvalue weighted by Gasteiger charge is 2.19. The average molecular weight is 557 g/mol. The molecule has 0 N–H and O–H groups in total. The number of aryl methyl sites for hydroxylation is 2. The van der Waals surface area contributed by atoms with Crippen LogP contribution < -0.4 is 14.2 Å². The Kier molecular flexibility index (Phi) is 9.21. The van der Waals surface area contributed by atoms with Gasteiger partial charge >= 0.3 is 0 Å². The van der Waals surface area contributed by atoms with Crippen molar-refractivity contribution in [2.75, 3.05) is 33.6 Å². The molecule has 1 aliphatic heterocycles. The summed E-state index contributed by atoms with van der Waals surface area (Å²) in [6, 6.07) is 22.0. The van der Waals surface area contributed by atoms with E-state index < -0.39 is 0 Å². The predicted octanol–water partition coefficient (Wildman–Crippen LogP) is 6.58. The van der Waals surface area contributed by atoms with Crippen LogP contribution in [0.4, 0.5) is 0 Å². The molecule has 0 radical (unpaired) electrons. The topological polar surface area (TPSA) is 83.3 Å². The molecule has 0 spiro atoms. The van der Waals surface area contributed by atoms with Crippen molar-refractivity contribution in [3.8, 4) is 39.8 Å². The number of benzene rings is 3. The second-order valence-electron chi connectivity index (χ2n) is 10.2. The normalized spacial score (nSPS) is 13.0. The molecule has 0 aliphatic carbocycles. The molecule has 1 aromatic heterocycles. The van der Waals surface area contributed by atoms with Crippen LogP contribution in [0.5, 0.6) is 17.4 Å². The Morgan fingerprint density at radius 1 is 0.902 bits per heavy atom. The fourth-order valence-electron chi connectivity index (χ4n) is 5.13. The molecule has 1 saturated heterocycles. The van der Waals surface area contributed by atoms with E-state index in [9.17, 15) is 4.79 Å². The number of aromatic nitrogens is 1. The molecule has 0 atom stereocenters. The third-order valence-corrected chi connectivity index (χ3v) is 7.09. The summed E-state index contributed by atoms with van der Waals surface area (Å²) in [5, 5.41) is 3.88. The van der Waals surface area contributed by atoms with E-state index in [0.717, 1.165) is 65.2 Å². The third-order valence-electron chi connectivity index (χ3n) is 7.09. The molecule has 1 amide bonds. The van der Waals surface area contributed by atoms with Crippen LogP contribution in [0.15, 0.2) is 71.3 Å². The van der Waals surface area contributed by atoms with Crippen molar-refractivity contribution < 1.29 is 28.3 Å². The van der Waals surface area contributed by atoms with Crippen molar-refractivity contribution >= 4 is 5.91 Å². The summed E-state index contributed by atoms with van der Waals surface area (Å²) in [5.74, 6) is 2.87. The van der Waals surface area contributed by atoms with Gasteiger partial charge in [-0.15, -0.1) is 0 Å². The fourth-order valence-corrected chi connectivity index (χ4v) is 5.13. The number of methoxy groups -OCH3 is 1. The monoisotopic (exact) mass is 556 g/mol. The lowest BCUT2D eigenvalue weighted by Crippen LogP contribution is -2.26. The smallest absolute Gasteiger partial charge is 0.256 e. The molecule has 2 heterocycles. The minimum atomic E-state index is 0.114. The first-order chi connectivity index (χ1) is 20.0. The zero-order valence-electron chi connectivity index (χ0n) is 23.9. The highest BCUT2D eigenvalue weighted by atomic mass is 16.7. The van der Waals surface area contributed by atoms with Gasteiger partial charge in [0.15, 0.2) is 12.6 Å². The van der Waals surface area contributed by atoms with Gasteiger partial charge in [-0.05, 0) is 102 Å². The van der Waals surface area contributed by atoms with Crippen molar-refractivity contribution in [1.29, 1.82) is 0 Å². The Morgan fingerprint density at radius 3 is 2.44 bits per heavy atom. The van der Waals surface area contributed by atoms with Crippen LogP contribution >= 0.6 is 0 Å². The predicted molar refractivity (Wildman–Crippen MR) is 156 cm³/mol. The molecule has 0 bridgehead atoms. The van der Waals surface area contributed by atoms with Crippen LogP contribution in [0.3, 0.4) is 0 Å². The first kappa shape index (κ1) is 28.2. The van der Waals surface area contributed by atoms with Crippen LogP contribution in [-0.4, -0.2) is 49.6 Å². The summed E-state index contributed by atoms with van der Waals surface area (Å²) < 4.78 is 27.7. The van der Waals surface area contributed by atoms with Crippen LogP contribution in [0.1, 0.15) is 36.0 Å². The van der Waals surface area contributed by atoms with Crippen molar-refractivity contribution in [1.82, 2.24) is 10.1 Å². The molecule has 4 aromatic rings. The van der Waals surface area contributed by atoms with Gasteiger partial charge in [-0.1, -0.05) is 18.2 Å². The molecule has 214 valence electrons. The van der Waals surface area contributed by atoms with E-state index >= 15 is 0 Å². The number of hydrogen-bond donors (Lipinski definition) is 0. The van der Waals surface area contributed by atoms with Gasteiger partial charge in [0.05, 0.1) is 6.61 Å². The number of likely N-dealkylation sites (tertiary alicyclic amines) is 1. The number of amides is 1. The lowest BCUT2D eigenvalue weighted by molar-refractivity contribution is -0.127. The van der Waals surface area contributed by atoms with Crippen LogP contribution in [-0.2, 0) is 16.1 Å². The molecule has 8 heteroatoms. The molecule has 1 fully saturated rings. The first-order valence-electron chi connectivity index (χ1n) is 13.9. The maximum absolute atomic E-state index is 11.8. The first-order valence-corrected chi connectivity index (χ1v) is 13.9. The summed E-state index contributed by atoms with van der Waals surface area (Å²) >= 11 is 0. The number of ether oxygens (including phenoxy) is 4. The highest BCUT2D eigenvalue weighted by Crippen LogP contribution is 2.32. The molecule has 3 aromatic carbocycles. The van der Waals surface area contributed by atoms with Gasteiger partial charge in [0.1, 0.15) is 18.1 Å². The van der Waals surface area contributed by atoms with E-state index in [1.54, 1.807) is 13.2 Å². The molecule has 5 rings (SSSR count). The zero-order chi connectivity index (χ0) is 28.6. The molecule has 8 nitrogen and oxygen atoms in total. The van der Waals surface area contributed by atoms with Crippen molar-refractivity contribution in [3.05, 3.63) is 83.4 Å². The van der Waals surface area contributed by atoms with Gasteiger partial charge in [-0.25, -0.2) is 0 Å². The summed E-state index contributed by atoms with van der Waals surface area (Å²) in [7, 11) is 1.55. The summed E-state index contributed by atoms with van der Waals surface area (Å²) in [6.45, 7) is 7.03. The van der Waals surface area contributed by atoms with Crippen LogP contribution in [0, 0.1) is 13.8 Å².